The van der Waals surface area contributed by atoms with Crippen LogP contribution in [0.4, 0.5) is 10.5 Å². The highest BCUT2D eigenvalue weighted by Gasteiger charge is 2.29. The van der Waals surface area contributed by atoms with Crippen molar-refractivity contribution in [2.24, 2.45) is 0 Å². The summed E-state index contributed by atoms with van der Waals surface area (Å²) in [5.74, 6) is 0.744. The van der Waals surface area contributed by atoms with Crippen molar-refractivity contribution in [3.05, 3.63) is 42.0 Å². The Morgan fingerprint density at radius 3 is 3.08 bits per heavy atom. The second-order valence-corrected chi connectivity index (χ2v) is 6.57. The lowest BCUT2D eigenvalue weighted by Crippen LogP contribution is -2.41. The minimum absolute atomic E-state index is 0.0521. The number of rotatable bonds is 5. The highest BCUT2D eigenvalue weighted by molar-refractivity contribution is 5.89. The summed E-state index contributed by atoms with van der Waals surface area (Å²) < 4.78 is 5.63. The second kappa shape index (κ2) is 8.11. The van der Waals surface area contributed by atoms with Gasteiger partial charge in [0.1, 0.15) is 12.2 Å². The van der Waals surface area contributed by atoms with Gasteiger partial charge in [0.2, 0.25) is 0 Å². The maximum absolute atomic E-state index is 12.8. The Labute approximate surface area is 147 Å². The van der Waals surface area contributed by atoms with E-state index in [0.29, 0.717) is 13.2 Å². The van der Waals surface area contributed by atoms with E-state index >= 15 is 0 Å². The number of H-pyrrole nitrogens is 1. The number of amides is 2. The number of carbonyl (C=O) groups excluding carboxylic acids is 1. The fourth-order valence-corrected chi connectivity index (χ4v) is 3.03. The molecule has 0 bridgehead atoms. The predicted molar refractivity (Wildman–Crippen MR) is 95.1 cm³/mol. The minimum Gasteiger partial charge on any atom is -0.374 e. The monoisotopic (exact) mass is 343 g/mol. The number of nitrogens with one attached hydrogen (secondary N) is 2. The topological polar surface area (TPSA) is 83.1 Å². The summed E-state index contributed by atoms with van der Waals surface area (Å²) in [6.07, 6.45) is 4.63. The standard InChI is InChI=1S/C18H25N5O2/c1-13(2)25-11-14-6-5-7-15(10-14)21-18(24)23-9-4-3-8-16(23)17-19-12-20-22-17/h5-7,10,12-13,16H,3-4,8-9,11H2,1-2H3,(H,21,24)(H,19,20,22). The third-order valence-electron chi connectivity index (χ3n) is 4.27. The average molecular weight is 343 g/mol. The van der Waals surface area contributed by atoms with Crippen LogP contribution in [0, 0.1) is 0 Å². The van der Waals surface area contributed by atoms with Crippen LogP contribution in [0.3, 0.4) is 0 Å². The molecule has 1 saturated heterocycles. The first-order chi connectivity index (χ1) is 12.1. The number of hydrogen-bond acceptors (Lipinski definition) is 4. The molecule has 7 heteroatoms. The highest BCUT2D eigenvalue weighted by atomic mass is 16.5. The molecular formula is C18H25N5O2. The number of piperidine rings is 1. The average Bonchev–Trinajstić information content (AvgIpc) is 3.15. The maximum Gasteiger partial charge on any atom is 0.322 e. The number of benzene rings is 1. The summed E-state index contributed by atoms with van der Waals surface area (Å²) in [5, 5.41) is 9.81. The summed E-state index contributed by atoms with van der Waals surface area (Å²) >= 11 is 0. The zero-order chi connectivity index (χ0) is 17.6. The van der Waals surface area contributed by atoms with Gasteiger partial charge in [-0.05, 0) is 50.8 Å². The van der Waals surface area contributed by atoms with Gasteiger partial charge in [-0.25, -0.2) is 9.78 Å². The quantitative estimate of drug-likeness (QED) is 0.870. The zero-order valence-electron chi connectivity index (χ0n) is 14.7. The molecule has 0 radical (unpaired) electrons. The van der Waals surface area contributed by atoms with E-state index in [9.17, 15) is 4.79 Å². The third kappa shape index (κ3) is 4.57. The summed E-state index contributed by atoms with van der Waals surface area (Å²) in [6, 6.07) is 7.61. The maximum atomic E-state index is 12.8. The van der Waals surface area contributed by atoms with Crippen LogP contribution in [-0.4, -0.2) is 38.8 Å². The Balaban J connectivity index is 1.67. The molecule has 134 valence electrons. The first kappa shape index (κ1) is 17.4. The SMILES string of the molecule is CC(C)OCc1cccc(NC(=O)N2CCCCC2c2ncn[nH]2)c1. The molecule has 1 aliphatic rings. The van der Waals surface area contributed by atoms with E-state index in [1.165, 1.54) is 6.33 Å². The lowest BCUT2D eigenvalue weighted by atomic mass is 10.0. The Bertz CT molecular complexity index is 687. The van der Waals surface area contributed by atoms with Crippen molar-refractivity contribution in [3.63, 3.8) is 0 Å². The molecule has 3 rings (SSSR count). The number of anilines is 1. The molecule has 1 atom stereocenters. The van der Waals surface area contributed by atoms with E-state index in [1.54, 1.807) is 0 Å². The minimum atomic E-state index is -0.108. The van der Waals surface area contributed by atoms with Gasteiger partial charge in [-0.3, -0.25) is 5.10 Å². The summed E-state index contributed by atoms with van der Waals surface area (Å²) in [5.41, 5.74) is 1.81. The lowest BCUT2D eigenvalue weighted by Gasteiger charge is -2.34. The van der Waals surface area contributed by atoms with Gasteiger partial charge in [-0.2, -0.15) is 5.10 Å². The van der Waals surface area contributed by atoms with E-state index in [4.69, 9.17) is 4.74 Å². The number of hydrogen-bond donors (Lipinski definition) is 2. The Morgan fingerprint density at radius 2 is 2.32 bits per heavy atom. The molecule has 1 aromatic heterocycles. The third-order valence-corrected chi connectivity index (χ3v) is 4.27. The van der Waals surface area contributed by atoms with E-state index in [0.717, 1.165) is 36.3 Å². The summed E-state index contributed by atoms with van der Waals surface area (Å²) in [4.78, 5) is 18.8. The molecule has 0 spiro atoms. The smallest absolute Gasteiger partial charge is 0.322 e. The van der Waals surface area contributed by atoms with Crippen molar-refractivity contribution in [1.82, 2.24) is 20.1 Å². The molecular weight excluding hydrogens is 318 g/mol. The van der Waals surface area contributed by atoms with Gasteiger partial charge in [-0.15, -0.1) is 0 Å². The van der Waals surface area contributed by atoms with Gasteiger partial charge in [0, 0.05) is 12.2 Å². The van der Waals surface area contributed by atoms with Gasteiger partial charge in [0.15, 0.2) is 0 Å². The molecule has 2 N–H and O–H groups in total. The molecule has 1 unspecified atom stereocenters. The van der Waals surface area contributed by atoms with E-state index in [1.807, 2.05) is 43.0 Å². The lowest BCUT2D eigenvalue weighted by molar-refractivity contribution is 0.0657. The fraction of sp³-hybridized carbons (Fsp3) is 0.500. The molecule has 25 heavy (non-hydrogen) atoms. The number of carbonyl (C=O) groups is 1. The number of likely N-dealkylation sites (tertiary alicyclic amines) is 1. The molecule has 1 aliphatic heterocycles. The van der Waals surface area contributed by atoms with Crippen molar-refractivity contribution in [3.8, 4) is 0 Å². The molecule has 2 aromatic rings. The van der Waals surface area contributed by atoms with Gasteiger partial charge in [0.05, 0.1) is 18.8 Å². The predicted octanol–water partition coefficient (Wildman–Crippen LogP) is 3.49. The number of urea groups is 1. The van der Waals surface area contributed by atoms with Crippen molar-refractivity contribution in [2.75, 3.05) is 11.9 Å². The van der Waals surface area contributed by atoms with Crippen LogP contribution in [0.15, 0.2) is 30.6 Å². The van der Waals surface area contributed by atoms with Crippen molar-refractivity contribution in [1.29, 1.82) is 0 Å². The highest BCUT2D eigenvalue weighted by Crippen LogP contribution is 2.29. The molecule has 2 heterocycles. The number of aromatic amines is 1. The Kier molecular flexibility index (Phi) is 5.65. The van der Waals surface area contributed by atoms with Crippen molar-refractivity contribution in [2.45, 2.75) is 51.9 Å². The zero-order valence-corrected chi connectivity index (χ0v) is 14.7. The van der Waals surface area contributed by atoms with E-state index in [-0.39, 0.29) is 18.2 Å². The number of ether oxygens (including phenoxy) is 1. The number of nitrogens with zero attached hydrogens (tertiary/aromatic N) is 3. The van der Waals surface area contributed by atoms with Crippen LogP contribution in [0.25, 0.3) is 0 Å². The van der Waals surface area contributed by atoms with Crippen LogP contribution >= 0.6 is 0 Å². The molecule has 0 saturated carbocycles. The molecule has 0 aliphatic carbocycles. The number of aromatic nitrogens is 3. The van der Waals surface area contributed by atoms with Gasteiger partial charge in [0.25, 0.3) is 0 Å². The van der Waals surface area contributed by atoms with Crippen LogP contribution in [-0.2, 0) is 11.3 Å². The van der Waals surface area contributed by atoms with E-state index < -0.39 is 0 Å². The van der Waals surface area contributed by atoms with E-state index in [2.05, 4.69) is 20.5 Å². The van der Waals surface area contributed by atoms with Crippen LogP contribution in [0.2, 0.25) is 0 Å². The van der Waals surface area contributed by atoms with Crippen LogP contribution in [0.5, 0.6) is 0 Å². The second-order valence-electron chi connectivity index (χ2n) is 6.57. The molecule has 2 amide bonds. The van der Waals surface area contributed by atoms with Crippen LogP contribution < -0.4 is 5.32 Å². The first-order valence-electron chi connectivity index (χ1n) is 8.77. The van der Waals surface area contributed by atoms with Gasteiger partial charge < -0.3 is 15.0 Å². The van der Waals surface area contributed by atoms with Gasteiger partial charge in [-0.1, -0.05) is 12.1 Å². The Morgan fingerprint density at radius 1 is 1.44 bits per heavy atom. The molecule has 1 fully saturated rings. The van der Waals surface area contributed by atoms with Crippen LogP contribution in [0.1, 0.15) is 50.5 Å². The fourth-order valence-electron chi connectivity index (χ4n) is 3.03. The molecule has 1 aromatic carbocycles. The largest absolute Gasteiger partial charge is 0.374 e. The summed E-state index contributed by atoms with van der Waals surface area (Å²) in [6.45, 7) is 5.26. The van der Waals surface area contributed by atoms with Crippen molar-refractivity contribution < 1.29 is 9.53 Å². The Hall–Kier alpha value is -2.41. The molecule has 7 nitrogen and oxygen atoms in total. The normalized spacial score (nSPS) is 17.7. The van der Waals surface area contributed by atoms with Gasteiger partial charge >= 0.3 is 6.03 Å². The first-order valence-corrected chi connectivity index (χ1v) is 8.77. The summed E-state index contributed by atoms with van der Waals surface area (Å²) in [7, 11) is 0. The van der Waals surface area contributed by atoms with Crippen molar-refractivity contribution >= 4 is 11.7 Å².